The summed E-state index contributed by atoms with van der Waals surface area (Å²) in [5.74, 6) is 44.2. The van der Waals surface area contributed by atoms with Crippen LogP contribution in [0.5, 0.6) is 17.2 Å². The van der Waals surface area contributed by atoms with Gasteiger partial charge in [-0.05, 0) is 238 Å². The number of benzene rings is 7. The Morgan fingerprint density at radius 2 is 0.366 bits per heavy atom. The third-order valence-electron chi connectivity index (χ3n) is 17.4. The number of unbranched alkanes of at least 4 members (excludes halogenated alkanes) is 18. The van der Waals surface area contributed by atoms with E-state index in [4.69, 9.17) is 0 Å². The van der Waals surface area contributed by atoms with Crippen LogP contribution in [-0.4, -0.2) is 15.3 Å². The molecule has 0 heterocycles. The number of rotatable bonds is 30. The van der Waals surface area contributed by atoms with Gasteiger partial charge < -0.3 is 15.3 Å². The molecule has 7 rings (SSSR count). The molecule has 0 unspecified atom stereocenters. The Bertz CT molecular complexity index is 3460. The molecule has 0 saturated carbocycles. The van der Waals surface area contributed by atoms with Gasteiger partial charge in [0.15, 0.2) is 0 Å². The number of hydrogen-bond acceptors (Lipinski definition) is 3. The molecule has 0 saturated heterocycles. The molecule has 3 heteroatoms. The lowest BCUT2D eigenvalue weighted by Gasteiger charge is -2.12. The molecule has 0 atom stereocenters. The summed E-state index contributed by atoms with van der Waals surface area (Å²) >= 11 is 0. The Kier molecular flexibility index (Phi) is 31.6. The fourth-order valence-electron chi connectivity index (χ4n) is 11.8. The van der Waals surface area contributed by atoms with E-state index in [1.807, 2.05) is 36.4 Å². The fraction of sp³-hybridized carbons (Fsp3) is 0.400. The minimum Gasteiger partial charge on any atom is -0.508 e. The molecule has 0 fully saturated rings. The Morgan fingerprint density at radius 3 is 0.538 bits per heavy atom. The summed E-state index contributed by atoms with van der Waals surface area (Å²) in [6, 6.07) is 42.0. The lowest BCUT2D eigenvalue weighted by atomic mass is 9.91. The predicted octanol–water partition coefficient (Wildman–Crippen LogP) is 21.9. The maximum Gasteiger partial charge on any atom is 0.115 e. The van der Waals surface area contributed by atoms with Crippen LogP contribution in [0.3, 0.4) is 0 Å². The fourth-order valence-corrected chi connectivity index (χ4v) is 11.8. The molecular weight excluding hydrogens is 1130 g/mol. The first-order chi connectivity index (χ1) is 45.6. The summed E-state index contributed by atoms with van der Waals surface area (Å²) in [6.45, 7) is 13.6. The van der Waals surface area contributed by atoms with Crippen LogP contribution in [0, 0.1) is 71.0 Å². The topological polar surface area (TPSA) is 60.7 Å². The molecule has 93 heavy (non-hydrogen) atoms. The van der Waals surface area contributed by atoms with E-state index in [2.05, 4.69) is 167 Å². The SMILES string of the molecule is CCCCCCc1cc(C#Cc2cc(C#Cc3cc(CCCCCC)c(C#Cc4ccc(O)cc4)cc3CCCCCC)cc(C#Cc3cc(CCCCCC)c(C#Cc4ccc(O)cc4)cc3CCCCCC)c2)c(CCCCCC)cc1C#Cc1ccc(O)cc1. The van der Waals surface area contributed by atoms with Crippen molar-refractivity contribution in [3.8, 4) is 88.3 Å². The van der Waals surface area contributed by atoms with Crippen molar-refractivity contribution in [3.05, 3.63) is 228 Å². The number of phenolic OH excluding ortho intramolecular Hbond substituents is 3. The van der Waals surface area contributed by atoms with Gasteiger partial charge in [-0.1, -0.05) is 228 Å². The molecule has 0 radical (unpaired) electrons. The van der Waals surface area contributed by atoms with Crippen LogP contribution in [0.15, 0.2) is 127 Å². The second-order valence-electron chi connectivity index (χ2n) is 25.3. The van der Waals surface area contributed by atoms with Gasteiger partial charge in [0.05, 0.1) is 0 Å². The van der Waals surface area contributed by atoms with E-state index < -0.39 is 0 Å². The maximum absolute atomic E-state index is 10.0. The van der Waals surface area contributed by atoms with E-state index in [1.54, 1.807) is 36.4 Å². The zero-order valence-electron chi connectivity index (χ0n) is 57.2. The summed E-state index contributed by atoms with van der Waals surface area (Å²) < 4.78 is 0. The lowest BCUT2D eigenvalue weighted by Crippen LogP contribution is -2.00. The van der Waals surface area contributed by atoms with Gasteiger partial charge in [0.25, 0.3) is 0 Å². The molecule has 480 valence electrons. The quantitative estimate of drug-likeness (QED) is 0.0311. The van der Waals surface area contributed by atoms with Crippen molar-refractivity contribution in [3.63, 3.8) is 0 Å². The minimum absolute atomic E-state index is 0.237. The zero-order valence-corrected chi connectivity index (χ0v) is 57.2. The number of phenols is 3. The number of aromatic hydroxyl groups is 3. The molecule has 0 aromatic heterocycles. The Morgan fingerprint density at radius 1 is 0.194 bits per heavy atom. The highest BCUT2D eigenvalue weighted by atomic mass is 16.3. The van der Waals surface area contributed by atoms with Crippen molar-refractivity contribution in [2.75, 3.05) is 0 Å². The monoisotopic (exact) mass is 1230 g/mol. The predicted molar refractivity (Wildman–Crippen MR) is 393 cm³/mol. The molecule has 7 aromatic rings. The van der Waals surface area contributed by atoms with E-state index >= 15 is 0 Å². The van der Waals surface area contributed by atoms with Gasteiger partial charge in [-0.15, -0.1) is 0 Å². The zero-order chi connectivity index (χ0) is 65.7. The highest BCUT2D eigenvalue weighted by Crippen LogP contribution is 2.27. The standard InChI is InChI=1S/C90H102O3/c1-7-13-19-25-31-76-67-85(79(34-28-22-16-10-4)64-82(76)49-37-70-43-55-88(91)56-44-70)52-40-73-61-74(41-53-86-68-77(32-26-20-14-8-2)83(65-80(86)35-29-23-17-11-5)50-38-71-45-57-89(92)58-46-71)63-75(62-73)42-54-87-69-78(33-27-21-15-9-3)84(66-81(87)36-30-24-18-12-6)51-39-72-47-59-90(93)60-48-72/h43-48,55-69,91-93H,7-36H2,1-6H3. The number of hydrogen-bond donors (Lipinski definition) is 3. The van der Waals surface area contributed by atoms with E-state index in [1.165, 1.54) is 130 Å². The molecule has 3 nitrogen and oxygen atoms in total. The molecule has 0 amide bonds. The highest BCUT2D eigenvalue weighted by Gasteiger charge is 2.14. The highest BCUT2D eigenvalue weighted by molar-refractivity contribution is 5.62. The summed E-state index contributed by atoms with van der Waals surface area (Å²) in [5, 5.41) is 30.1. The average Bonchev–Trinajstić information content (AvgIpc) is 1.08. The first kappa shape index (κ1) is 71.7. The molecule has 3 N–H and O–H groups in total. The summed E-state index contributed by atoms with van der Waals surface area (Å²) in [6.07, 6.45) is 33.2. The maximum atomic E-state index is 10.0. The van der Waals surface area contributed by atoms with Crippen LogP contribution >= 0.6 is 0 Å². The number of aryl methyl sites for hydroxylation is 6. The largest absolute Gasteiger partial charge is 0.508 e. The van der Waals surface area contributed by atoms with E-state index in [-0.39, 0.29) is 17.2 Å². The van der Waals surface area contributed by atoms with Crippen LogP contribution in [0.25, 0.3) is 0 Å². The van der Waals surface area contributed by atoms with Crippen molar-refractivity contribution < 1.29 is 15.3 Å². The molecule has 0 aliphatic heterocycles. The third kappa shape index (κ3) is 25.4. The van der Waals surface area contributed by atoms with Crippen molar-refractivity contribution in [2.24, 2.45) is 0 Å². The van der Waals surface area contributed by atoms with E-state index in [0.29, 0.717) is 0 Å². The van der Waals surface area contributed by atoms with Crippen molar-refractivity contribution in [1.29, 1.82) is 0 Å². The second-order valence-corrected chi connectivity index (χ2v) is 25.3. The molecule has 0 bridgehead atoms. The Hall–Kier alpha value is -8.70. The Balaban J connectivity index is 1.43. The molecule has 0 aliphatic rings. The van der Waals surface area contributed by atoms with Gasteiger partial charge in [-0.25, -0.2) is 0 Å². The normalized spacial score (nSPS) is 10.5. The molecular formula is C90H102O3. The summed E-state index contributed by atoms with van der Waals surface area (Å²) in [4.78, 5) is 0. The van der Waals surface area contributed by atoms with Gasteiger partial charge in [0, 0.05) is 66.8 Å². The molecule has 0 spiro atoms. The minimum atomic E-state index is 0.237. The van der Waals surface area contributed by atoms with Crippen LogP contribution in [0.1, 0.15) is 296 Å². The third-order valence-corrected chi connectivity index (χ3v) is 17.4. The van der Waals surface area contributed by atoms with Gasteiger partial charge in [-0.2, -0.15) is 0 Å². The van der Waals surface area contributed by atoms with Gasteiger partial charge in [-0.3, -0.25) is 0 Å². The summed E-state index contributed by atoms with van der Waals surface area (Å²) in [7, 11) is 0. The van der Waals surface area contributed by atoms with E-state index in [9.17, 15) is 15.3 Å². The van der Waals surface area contributed by atoms with Crippen LogP contribution < -0.4 is 0 Å². The first-order valence-electron chi connectivity index (χ1n) is 35.7. The average molecular weight is 1230 g/mol. The molecule has 7 aromatic carbocycles. The summed E-state index contributed by atoms with van der Waals surface area (Å²) in [5.41, 5.74) is 18.9. The van der Waals surface area contributed by atoms with Gasteiger partial charge >= 0.3 is 0 Å². The lowest BCUT2D eigenvalue weighted by molar-refractivity contribution is 0.474. The van der Waals surface area contributed by atoms with E-state index in [0.717, 1.165) is 163 Å². The second kappa shape index (κ2) is 41.0. The first-order valence-corrected chi connectivity index (χ1v) is 35.7. The van der Waals surface area contributed by atoms with Crippen molar-refractivity contribution in [1.82, 2.24) is 0 Å². The Labute approximate surface area is 562 Å². The van der Waals surface area contributed by atoms with Crippen LogP contribution in [0.2, 0.25) is 0 Å². The van der Waals surface area contributed by atoms with Crippen LogP contribution in [0.4, 0.5) is 0 Å². The van der Waals surface area contributed by atoms with Gasteiger partial charge in [0.2, 0.25) is 0 Å². The van der Waals surface area contributed by atoms with Crippen LogP contribution in [-0.2, 0) is 38.5 Å². The smallest absolute Gasteiger partial charge is 0.115 e. The van der Waals surface area contributed by atoms with Crippen molar-refractivity contribution in [2.45, 2.75) is 234 Å². The molecule has 0 aliphatic carbocycles. The van der Waals surface area contributed by atoms with Crippen molar-refractivity contribution >= 4 is 0 Å². The van der Waals surface area contributed by atoms with Gasteiger partial charge in [0.1, 0.15) is 17.2 Å².